The van der Waals surface area contributed by atoms with E-state index in [0.717, 1.165) is 25.2 Å². The van der Waals surface area contributed by atoms with Crippen LogP contribution in [0, 0.1) is 0 Å². The monoisotopic (exact) mass is 289 g/mol. The fourth-order valence-electron chi connectivity index (χ4n) is 3.56. The fourth-order valence-corrected chi connectivity index (χ4v) is 3.56. The Morgan fingerprint density at radius 2 is 1.95 bits per heavy atom. The molecule has 5 nitrogen and oxygen atoms in total. The van der Waals surface area contributed by atoms with E-state index in [-0.39, 0.29) is 5.56 Å². The molecule has 0 amide bonds. The molecule has 114 valence electrons. The van der Waals surface area contributed by atoms with Crippen molar-refractivity contribution >= 4 is 17.3 Å². The zero-order valence-corrected chi connectivity index (χ0v) is 12.3. The molecule has 1 aromatic carbocycles. The van der Waals surface area contributed by atoms with E-state index in [1.807, 2.05) is 6.07 Å². The van der Waals surface area contributed by atoms with Crippen molar-refractivity contribution < 1.29 is 9.90 Å². The minimum atomic E-state index is -0.957. The third kappa shape index (κ3) is 2.83. The van der Waals surface area contributed by atoms with Gasteiger partial charge in [-0.1, -0.05) is 12.5 Å². The highest BCUT2D eigenvalue weighted by Crippen LogP contribution is 2.31. The molecule has 3 N–H and O–H groups in total. The highest BCUT2D eigenvalue weighted by atomic mass is 16.4. The number of carbonyl (C=O) groups is 1. The molecule has 0 spiro atoms. The molecule has 1 aromatic rings. The van der Waals surface area contributed by atoms with Gasteiger partial charge in [0.25, 0.3) is 0 Å². The van der Waals surface area contributed by atoms with Crippen LogP contribution in [0.25, 0.3) is 0 Å². The number of carboxylic acids is 1. The number of aromatic carboxylic acids is 1. The summed E-state index contributed by atoms with van der Waals surface area (Å²) >= 11 is 0. The quantitative estimate of drug-likeness (QED) is 0.833. The molecule has 0 aromatic heterocycles. The van der Waals surface area contributed by atoms with Crippen LogP contribution in [0.2, 0.25) is 0 Å². The summed E-state index contributed by atoms with van der Waals surface area (Å²) in [4.78, 5) is 16.0. The topological polar surface area (TPSA) is 69.8 Å². The first-order valence-electron chi connectivity index (χ1n) is 7.77. The van der Waals surface area contributed by atoms with Crippen molar-refractivity contribution in [2.75, 3.05) is 36.8 Å². The van der Waals surface area contributed by atoms with Crippen molar-refractivity contribution in [3.8, 4) is 0 Å². The molecule has 21 heavy (non-hydrogen) atoms. The van der Waals surface area contributed by atoms with E-state index in [9.17, 15) is 9.90 Å². The molecule has 0 aliphatic carbocycles. The number of hydrogen-bond acceptors (Lipinski definition) is 4. The number of nitrogen functional groups attached to an aromatic ring is 1. The lowest BCUT2D eigenvalue weighted by atomic mass is 10.1. The van der Waals surface area contributed by atoms with E-state index in [1.54, 1.807) is 12.1 Å². The minimum absolute atomic E-state index is 0.203. The smallest absolute Gasteiger partial charge is 0.337 e. The number of nitrogens with two attached hydrogens (primary N) is 1. The molecule has 0 bridgehead atoms. The Morgan fingerprint density at radius 1 is 1.19 bits per heavy atom. The van der Waals surface area contributed by atoms with Gasteiger partial charge in [-0.3, -0.25) is 4.90 Å². The zero-order chi connectivity index (χ0) is 14.8. The summed E-state index contributed by atoms with van der Waals surface area (Å²) in [5, 5.41) is 9.18. The Kier molecular flexibility index (Phi) is 4.01. The third-order valence-corrected chi connectivity index (χ3v) is 4.72. The molecular weight excluding hydrogens is 266 g/mol. The Morgan fingerprint density at radius 3 is 2.67 bits per heavy atom. The molecule has 2 aliphatic heterocycles. The molecule has 3 rings (SSSR count). The summed E-state index contributed by atoms with van der Waals surface area (Å²) in [7, 11) is 0. The van der Waals surface area contributed by atoms with Gasteiger partial charge in [-0.15, -0.1) is 0 Å². The largest absolute Gasteiger partial charge is 0.478 e. The summed E-state index contributed by atoms with van der Waals surface area (Å²) < 4.78 is 0. The van der Waals surface area contributed by atoms with Crippen molar-refractivity contribution in [2.24, 2.45) is 0 Å². The maximum absolute atomic E-state index is 11.2. The van der Waals surface area contributed by atoms with Gasteiger partial charge in [0.1, 0.15) is 0 Å². The van der Waals surface area contributed by atoms with Gasteiger partial charge < -0.3 is 15.7 Å². The Balaban J connectivity index is 1.74. The molecule has 0 radical (unpaired) electrons. The summed E-state index contributed by atoms with van der Waals surface area (Å²) in [5.41, 5.74) is 7.52. The van der Waals surface area contributed by atoms with E-state index in [0.29, 0.717) is 11.7 Å². The van der Waals surface area contributed by atoms with Crippen LogP contribution in [0.5, 0.6) is 0 Å². The van der Waals surface area contributed by atoms with Gasteiger partial charge in [0.05, 0.1) is 16.9 Å². The standard InChI is InChI=1S/C16H23N3O2/c17-15-13(16(20)21)5-4-6-14(15)19-10-7-12(11-19)18-8-2-1-3-9-18/h4-6,12H,1-3,7-11,17H2,(H,20,21). The molecule has 1 atom stereocenters. The second-order valence-electron chi connectivity index (χ2n) is 6.03. The number of hydrogen-bond donors (Lipinski definition) is 2. The first kappa shape index (κ1) is 14.2. The SMILES string of the molecule is Nc1c(C(=O)O)cccc1N1CCC(N2CCCCC2)C1. The predicted molar refractivity (Wildman–Crippen MR) is 83.9 cm³/mol. The number of anilines is 2. The number of benzene rings is 1. The number of likely N-dealkylation sites (tertiary alicyclic amines) is 1. The zero-order valence-electron chi connectivity index (χ0n) is 12.3. The lowest BCUT2D eigenvalue weighted by Gasteiger charge is -2.32. The number of rotatable bonds is 3. The van der Waals surface area contributed by atoms with Gasteiger partial charge in [0, 0.05) is 19.1 Å². The Hall–Kier alpha value is -1.75. The lowest BCUT2D eigenvalue weighted by Crippen LogP contribution is -2.40. The summed E-state index contributed by atoms with van der Waals surface area (Å²) in [6.07, 6.45) is 5.08. The second kappa shape index (κ2) is 5.93. The molecule has 0 saturated carbocycles. The maximum atomic E-state index is 11.2. The Bertz CT molecular complexity index is 526. The van der Waals surface area contributed by atoms with Gasteiger partial charge in [-0.05, 0) is 44.5 Å². The van der Waals surface area contributed by atoms with Crippen LogP contribution in [0.1, 0.15) is 36.0 Å². The highest BCUT2D eigenvalue weighted by Gasteiger charge is 2.29. The van der Waals surface area contributed by atoms with E-state index in [4.69, 9.17) is 5.73 Å². The summed E-state index contributed by atoms with van der Waals surface area (Å²) in [5.74, 6) is -0.957. The predicted octanol–water partition coefficient (Wildman–Crippen LogP) is 2.03. The number of carboxylic acid groups (broad SMARTS) is 1. The van der Waals surface area contributed by atoms with Crippen molar-refractivity contribution in [1.82, 2.24) is 4.90 Å². The van der Waals surface area contributed by atoms with E-state index < -0.39 is 5.97 Å². The van der Waals surface area contributed by atoms with Gasteiger partial charge in [-0.25, -0.2) is 4.79 Å². The first-order valence-corrected chi connectivity index (χ1v) is 7.77. The van der Waals surface area contributed by atoms with Crippen LogP contribution in [0.4, 0.5) is 11.4 Å². The average molecular weight is 289 g/mol. The van der Waals surface area contributed by atoms with Crippen LogP contribution < -0.4 is 10.6 Å². The van der Waals surface area contributed by atoms with Crippen LogP contribution in [0.3, 0.4) is 0 Å². The molecule has 1 unspecified atom stereocenters. The number of nitrogens with zero attached hydrogens (tertiary/aromatic N) is 2. The number of para-hydroxylation sites is 1. The van der Waals surface area contributed by atoms with Crippen molar-refractivity contribution in [3.05, 3.63) is 23.8 Å². The van der Waals surface area contributed by atoms with Gasteiger partial charge in [-0.2, -0.15) is 0 Å². The van der Waals surface area contributed by atoms with E-state index in [2.05, 4.69) is 9.80 Å². The molecule has 2 fully saturated rings. The normalized spacial score (nSPS) is 23.4. The Labute approximate surface area is 125 Å². The van der Waals surface area contributed by atoms with Crippen molar-refractivity contribution in [1.29, 1.82) is 0 Å². The first-order chi connectivity index (χ1) is 10.2. The molecule has 2 saturated heterocycles. The van der Waals surface area contributed by atoms with Crippen molar-refractivity contribution in [2.45, 2.75) is 31.7 Å². The molecule has 2 aliphatic rings. The van der Waals surface area contributed by atoms with Crippen LogP contribution in [-0.4, -0.2) is 48.2 Å². The molecule has 2 heterocycles. The van der Waals surface area contributed by atoms with E-state index in [1.165, 1.54) is 32.4 Å². The van der Waals surface area contributed by atoms with Gasteiger partial charge in [0.15, 0.2) is 0 Å². The highest BCUT2D eigenvalue weighted by molar-refractivity contribution is 5.97. The fraction of sp³-hybridized carbons (Fsp3) is 0.562. The molecule has 5 heteroatoms. The third-order valence-electron chi connectivity index (χ3n) is 4.72. The van der Waals surface area contributed by atoms with Crippen LogP contribution in [-0.2, 0) is 0 Å². The summed E-state index contributed by atoms with van der Waals surface area (Å²) in [6.45, 7) is 4.30. The summed E-state index contributed by atoms with van der Waals surface area (Å²) in [6, 6.07) is 5.86. The number of piperidine rings is 1. The van der Waals surface area contributed by atoms with Gasteiger partial charge >= 0.3 is 5.97 Å². The van der Waals surface area contributed by atoms with Crippen LogP contribution >= 0.6 is 0 Å². The second-order valence-corrected chi connectivity index (χ2v) is 6.03. The average Bonchev–Trinajstić information content (AvgIpc) is 2.98. The lowest BCUT2D eigenvalue weighted by molar-refractivity contribution is 0.0698. The molecular formula is C16H23N3O2. The van der Waals surface area contributed by atoms with E-state index >= 15 is 0 Å². The maximum Gasteiger partial charge on any atom is 0.337 e. The van der Waals surface area contributed by atoms with Gasteiger partial charge in [0.2, 0.25) is 0 Å². The van der Waals surface area contributed by atoms with Crippen molar-refractivity contribution in [3.63, 3.8) is 0 Å². The minimum Gasteiger partial charge on any atom is -0.478 e. The van der Waals surface area contributed by atoms with Crippen LogP contribution in [0.15, 0.2) is 18.2 Å².